The molecule has 1 fully saturated rings. The summed E-state index contributed by atoms with van der Waals surface area (Å²) in [6.45, 7) is 0.530. The van der Waals surface area contributed by atoms with Crippen molar-refractivity contribution in [1.82, 2.24) is 4.90 Å². The van der Waals surface area contributed by atoms with Crippen LogP contribution in [0.5, 0.6) is 0 Å². The molecule has 114 valence electrons. The Bertz CT molecular complexity index is 325. The van der Waals surface area contributed by atoms with Crippen LogP contribution in [0.15, 0.2) is 0 Å². The van der Waals surface area contributed by atoms with Gasteiger partial charge in [0.15, 0.2) is 0 Å². The van der Waals surface area contributed by atoms with Gasteiger partial charge in [-0.05, 0) is 19.9 Å². The zero-order chi connectivity index (χ0) is 15.1. The molecule has 0 aromatic carbocycles. The number of aliphatic hydroxyl groups excluding tert-OH is 1. The Morgan fingerprint density at radius 2 is 1.95 bits per heavy atom. The third kappa shape index (κ3) is 5.78. The Morgan fingerprint density at radius 1 is 1.40 bits per heavy atom. The first kappa shape index (κ1) is 17.4. The van der Waals surface area contributed by atoms with Crippen LogP contribution >= 0.6 is 15.9 Å². The van der Waals surface area contributed by atoms with Crippen molar-refractivity contribution in [1.29, 1.82) is 0 Å². The van der Waals surface area contributed by atoms with E-state index in [4.69, 9.17) is 14.0 Å². The highest BCUT2D eigenvalue weighted by Crippen LogP contribution is 2.17. The molecule has 0 aromatic heterocycles. The molecule has 0 bridgehead atoms. The molecule has 20 heavy (non-hydrogen) atoms. The number of alkyl halides is 1. The van der Waals surface area contributed by atoms with Gasteiger partial charge in [-0.2, -0.15) is 0 Å². The maximum Gasteiger partial charge on any atom is 0.615 e. The first-order chi connectivity index (χ1) is 9.43. The molecule has 0 radical (unpaired) electrons. The highest BCUT2D eigenvalue weighted by Gasteiger charge is 2.41. The van der Waals surface area contributed by atoms with Gasteiger partial charge in [0, 0.05) is 13.7 Å². The van der Waals surface area contributed by atoms with Crippen molar-refractivity contribution in [2.75, 3.05) is 33.9 Å². The van der Waals surface area contributed by atoms with Gasteiger partial charge in [0.25, 0.3) is 0 Å². The fourth-order valence-corrected chi connectivity index (χ4v) is 2.24. The summed E-state index contributed by atoms with van der Waals surface area (Å²) < 4.78 is 14.3. The third-order valence-corrected chi connectivity index (χ3v) is 3.81. The molecule has 7 nitrogen and oxygen atoms in total. The fourth-order valence-electron chi connectivity index (χ4n) is 1.76. The number of halogens is 1. The Labute approximate surface area is 126 Å². The number of hydrogen-bond donors (Lipinski definition) is 1. The van der Waals surface area contributed by atoms with E-state index < -0.39 is 29.9 Å². The molecule has 1 rings (SSSR count). The number of hydrogen-bond acceptors (Lipinski definition) is 7. The van der Waals surface area contributed by atoms with Crippen LogP contribution in [-0.4, -0.2) is 73.7 Å². The number of carbonyl (C=O) groups is 2. The minimum absolute atomic E-state index is 0.00505. The molecule has 1 saturated heterocycles. The van der Waals surface area contributed by atoms with Gasteiger partial charge in [-0.25, -0.2) is 0 Å². The van der Waals surface area contributed by atoms with E-state index in [1.807, 2.05) is 0 Å². The lowest BCUT2D eigenvalue weighted by Gasteiger charge is -2.26. The predicted octanol–water partition coefficient (Wildman–Crippen LogP) is -0.403. The number of carbonyl (C=O) groups excluding carboxylic acids is 2. The first-order valence-corrected chi connectivity index (χ1v) is 7.24. The molecule has 1 aliphatic rings. The van der Waals surface area contributed by atoms with Crippen molar-refractivity contribution in [3.8, 4) is 0 Å². The van der Waals surface area contributed by atoms with Gasteiger partial charge < -0.3 is 19.2 Å². The number of methoxy groups -OCH3 is 1. The number of likely N-dealkylation sites (N-methyl/N-ethyl adjacent to an activating group) is 1. The summed E-state index contributed by atoms with van der Waals surface area (Å²) in [5, 5.41) is 9.99. The van der Waals surface area contributed by atoms with Crippen LogP contribution in [-0.2, 0) is 23.6 Å². The van der Waals surface area contributed by atoms with Gasteiger partial charge in [-0.3, -0.25) is 14.5 Å². The number of aliphatic hydroxyl groups is 1. The number of rotatable bonds is 6. The normalized spacial score (nSPS) is 20.7. The average Bonchev–Trinajstić information content (AvgIpc) is 2.35. The summed E-state index contributed by atoms with van der Waals surface area (Å²) in [5.74, 6) is -1.00. The molecule has 0 spiro atoms. The molecule has 1 aliphatic heterocycles. The highest BCUT2D eigenvalue weighted by atomic mass is 79.9. The van der Waals surface area contributed by atoms with Crippen molar-refractivity contribution in [2.24, 2.45) is 0 Å². The smallest absolute Gasteiger partial charge is 0.497 e. The van der Waals surface area contributed by atoms with E-state index in [9.17, 15) is 14.7 Å². The Kier molecular flexibility index (Phi) is 7.50. The lowest BCUT2D eigenvalue weighted by atomic mass is 9.79. The van der Waals surface area contributed by atoms with E-state index in [0.29, 0.717) is 19.4 Å². The van der Waals surface area contributed by atoms with Crippen molar-refractivity contribution in [3.05, 3.63) is 0 Å². The van der Waals surface area contributed by atoms with Crippen LogP contribution < -0.4 is 0 Å². The van der Waals surface area contributed by atoms with Crippen molar-refractivity contribution in [3.63, 3.8) is 0 Å². The first-order valence-electron chi connectivity index (χ1n) is 6.32. The Hall–Kier alpha value is -0.635. The zero-order valence-corrected chi connectivity index (χ0v) is 13.2. The van der Waals surface area contributed by atoms with Gasteiger partial charge in [0.2, 0.25) is 0 Å². The van der Waals surface area contributed by atoms with E-state index in [1.54, 1.807) is 14.2 Å². The minimum Gasteiger partial charge on any atom is -0.497 e. The van der Waals surface area contributed by atoms with Crippen LogP contribution in [0.2, 0.25) is 0 Å². The second kappa shape index (κ2) is 8.61. The molecule has 2 atom stereocenters. The third-order valence-electron chi connectivity index (χ3n) is 2.77. The van der Waals surface area contributed by atoms with Crippen LogP contribution in [0, 0.1) is 0 Å². The van der Waals surface area contributed by atoms with E-state index in [2.05, 4.69) is 15.9 Å². The summed E-state index contributed by atoms with van der Waals surface area (Å²) in [6.07, 6.45) is 0.278. The Morgan fingerprint density at radius 3 is 2.45 bits per heavy atom. The van der Waals surface area contributed by atoms with Crippen LogP contribution in [0.4, 0.5) is 0 Å². The van der Waals surface area contributed by atoms with Crippen LogP contribution in [0.25, 0.3) is 0 Å². The van der Waals surface area contributed by atoms with Gasteiger partial charge in [-0.1, -0.05) is 15.9 Å². The van der Waals surface area contributed by atoms with Gasteiger partial charge in [0.1, 0.15) is 4.73 Å². The van der Waals surface area contributed by atoms with Crippen LogP contribution in [0.3, 0.4) is 0 Å². The topological polar surface area (TPSA) is 85.3 Å². The van der Waals surface area contributed by atoms with Gasteiger partial charge in [0.05, 0.1) is 19.2 Å². The largest absolute Gasteiger partial charge is 0.615 e. The number of ether oxygens (including phenoxy) is 1. The summed E-state index contributed by atoms with van der Waals surface area (Å²) in [6, 6.07) is 0. The van der Waals surface area contributed by atoms with Crippen molar-refractivity contribution >= 4 is 35.0 Å². The van der Waals surface area contributed by atoms with E-state index in [-0.39, 0.29) is 13.1 Å². The molecular formula is C11H19BBrNO6. The molecule has 0 aromatic rings. The van der Waals surface area contributed by atoms with Crippen molar-refractivity contribution in [2.45, 2.75) is 23.7 Å². The molecule has 0 amide bonds. The molecular weight excluding hydrogens is 333 g/mol. The van der Waals surface area contributed by atoms with Crippen LogP contribution in [0.1, 0.15) is 12.8 Å². The second-order valence-corrected chi connectivity index (χ2v) is 5.72. The zero-order valence-electron chi connectivity index (χ0n) is 11.6. The maximum atomic E-state index is 11.6. The SMILES string of the molecule is COCCC[C@H](O)[C@H](Br)B1OC(=O)CN(C)CC(=O)O1. The van der Waals surface area contributed by atoms with E-state index >= 15 is 0 Å². The molecule has 1 heterocycles. The lowest BCUT2D eigenvalue weighted by molar-refractivity contribution is -0.145. The summed E-state index contributed by atoms with van der Waals surface area (Å²) in [4.78, 5) is 24.6. The minimum atomic E-state index is -1.12. The molecule has 9 heteroatoms. The van der Waals surface area contributed by atoms with E-state index in [1.165, 1.54) is 4.90 Å². The summed E-state index contributed by atoms with van der Waals surface area (Å²) in [7, 11) is 2.07. The lowest BCUT2D eigenvalue weighted by Crippen LogP contribution is -2.49. The molecule has 1 N–H and O–H groups in total. The maximum absolute atomic E-state index is 11.6. The Balaban J connectivity index is 2.57. The van der Waals surface area contributed by atoms with Gasteiger partial charge in [-0.15, -0.1) is 0 Å². The van der Waals surface area contributed by atoms with Gasteiger partial charge >= 0.3 is 19.1 Å². The second-order valence-electron chi connectivity index (χ2n) is 4.67. The summed E-state index contributed by atoms with van der Waals surface area (Å²) in [5.41, 5.74) is 0. The monoisotopic (exact) mass is 351 g/mol. The standard InChI is InChI=1S/C11H19BBrNO6/c1-14-6-9(16)19-12(20-10(17)7-14)11(13)8(15)4-3-5-18-2/h8,11,15H,3-7H2,1-2H3/t8-,11-/m0/s1. The fraction of sp³-hybridized carbons (Fsp3) is 0.818. The van der Waals surface area contributed by atoms with E-state index in [0.717, 1.165) is 0 Å². The summed E-state index contributed by atoms with van der Waals surface area (Å²) >= 11 is 3.23. The van der Waals surface area contributed by atoms with Crippen molar-refractivity contribution < 1.29 is 28.7 Å². The predicted molar refractivity (Wildman–Crippen MR) is 75.3 cm³/mol. The number of nitrogens with zero attached hydrogens (tertiary/aromatic N) is 1. The highest BCUT2D eigenvalue weighted by molar-refractivity contribution is 9.10. The quantitative estimate of drug-likeness (QED) is 0.396. The molecule has 0 aliphatic carbocycles. The molecule has 0 saturated carbocycles. The molecule has 0 unspecified atom stereocenters. The average molecular weight is 352 g/mol.